The van der Waals surface area contributed by atoms with Crippen molar-refractivity contribution in [2.75, 3.05) is 25.4 Å². The predicted molar refractivity (Wildman–Crippen MR) is 127 cm³/mol. The Labute approximate surface area is 200 Å². The lowest BCUT2D eigenvalue weighted by Crippen LogP contribution is -2.47. The van der Waals surface area contributed by atoms with Crippen LogP contribution in [-0.2, 0) is 16.6 Å². The van der Waals surface area contributed by atoms with E-state index >= 15 is 0 Å². The number of aromatic nitrogens is 3. The maximum absolute atomic E-state index is 12.8. The van der Waals surface area contributed by atoms with E-state index in [2.05, 4.69) is 10.2 Å². The number of piperidine rings is 1. The fraction of sp³-hybridized carbons (Fsp3) is 0.391. The van der Waals surface area contributed by atoms with Gasteiger partial charge < -0.3 is 19.1 Å². The summed E-state index contributed by atoms with van der Waals surface area (Å²) in [6.45, 7) is 1.85. The van der Waals surface area contributed by atoms with Gasteiger partial charge >= 0.3 is 6.09 Å². The van der Waals surface area contributed by atoms with Gasteiger partial charge in [-0.25, -0.2) is 4.79 Å². The third-order valence-corrected chi connectivity index (χ3v) is 8.04. The molecule has 0 saturated carbocycles. The first-order chi connectivity index (χ1) is 16.1. The van der Waals surface area contributed by atoms with Gasteiger partial charge in [-0.1, -0.05) is 48.2 Å². The average molecular weight is 484 g/mol. The fourth-order valence-corrected chi connectivity index (χ4v) is 5.88. The van der Waals surface area contributed by atoms with Gasteiger partial charge in [0.05, 0.1) is 17.2 Å². The van der Waals surface area contributed by atoms with E-state index < -0.39 is 0 Å². The molecule has 2 aromatic heterocycles. The molecule has 1 atom stereocenters. The predicted octanol–water partition coefficient (Wildman–Crippen LogP) is 3.82. The van der Waals surface area contributed by atoms with Crippen LogP contribution in [0.25, 0.3) is 10.7 Å². The second-order valence-electron chi connectivity index (χ2n) is 8.18. The number of carbonyl (C=O) groups is 2. The summed E-state index contributed by atoms with van der Waals surface area (Å²) in [6, 6.07) is 13.9. The van der Waals surface area contributed by atoms with Crippen molar-refractivity contribution in [3.05, 3.63) is 53.4 Å². The number of carbonyl (C=O) groups excluding carboxylic acids is 2. The Bertz CT molecular complexity index is 1110. The van der Waals surface area contributed by atoms with Crippen molar-refractivity contribution in [1.82, 2.24) is 24.6 Å². The van der Waals surface area contributed by atoms with Crippen LogP contribution in [0.5, 0.6) is 0 Å². The summed E-state index contributed by atoms with van der Waals surface area (Å²) < 4.78 is 7.53. The molecule has 2 saturated heterocycles. The van der Waals surface area contributed by atoms with Crippen molar-refractivity contribution in [3.63, 3.8) is 0 Å². The number of hydrogen-bond acceptors (Lipinski definition) is 7. The molecule has 0 bridgehead atoms. The highest BCUT2D eigenvalue weighted by molar-refractivity contribution is 7.99. The van der Waals surface area contributed by atoms with Gasteiger partial charge in [0, 0.05) is 26.2 Å². The van der Waals surface area contributed by atoms with Crippen LogP contribution in [0, 0.1) is 0 Å². The first-order valence-corrected chi connectivity index (χ1v) is 12.8. The molecule has 0 radical (unpaired) electrons. The van der Waals surface area contributed by atoms with Crippen LogP contribution < -0.4 is 0 Å². The van der Waals surface area contributed by atoms with Crippen LogP contribution in [0.15, 0.2) is 53.0 Å². The van der Waals surface area contributed by atoms with E-state index in [1.165, 1.54) is 11.8 Å². The van der Waals surface area contributed by atoms with Gasteiger partial charge in [0.1, 0.15) is 6.10 Å². The quantitative estimate of drug-likeness (QED) is 0.496. The number of thiophene rings is 1. The fourth-order valence-electron chi connectivity index (χ4n) is 4.32. The molecule has 5 rings (SSSR count). The number of nitrogens with zero attached hydrogens (tertiary/aromatic N) is 5. The van der Waals surface area contributed by atoms with Crippen LogP contribution in [-0.4, -0.2) is 68.0 Å². The molecular weight excluding hydrogens is 458 g/mol. The van der Waals surface area contributed by atoms with Crippen LogP contribution in [0.1, 0.15) is 24.5 Å². The van der Waals surface area contributed by atoms with Crippen molar-refractivity contribution < 1.29 is 14.3 Å². The number of amides is 2. The molecule has 0 aliphatic carbocycles. The number of thioether (sulfide) groups is 1. The minimum Gasteiger partial charge on any atom is -0.439 e. The second-order valence-corrected chi connectivity index (χ2v) is 10.1. The maximum Gasteiger partial charge on any atom is 0.410 e. The van der Waals surface area contributed by atoms with Gasteiger partial charge in [0.25, 0.3) is 0 Å². The zero-order chi connectivity index (χ0) is 22.8. The van der Waals surface area contributed by atoms with Gasteiger partial charge in [-0.05, 0) is 29.9 Å². The lowest BCUT2D eigenvalue weighted by molar-refractivity contribution is -0.129. The zero-order valence-electron chi connectivity index (χ0n) is 18.3. The minimum absolute atomic E-state index is 0.0882. The summed E-state index contributed by atoms with van der Waals surface area (Å²) >= 11 is 3.03. The maximum atomic E-state index is 12.8. The lowest BCUT2D eigenvalue weighted by Gasteiger charge is -2.35. The molecule has 2 aliphatic heterocycles. The van der Waals surface area contributed by atoms with Crippen molar-refractivity contribution in [1.29, 1.82) is 0 Å². The smallest absolute Gasteiger partial charge is 0.410 e. The molecule has 2 aliphatic rings. The Morgan fingerprint density at radius 3 is 2.67 bits per heavy atom. The van der Waals surface area contributed by atoms with Crippen LogP contribution >= 0.6 is 23.1 Å². The van der Waals surface area contributed by atoms with Gasteiger partial charge in [-0.2, -0.15) is 0 Å². The van der Waals surface area contributed by atoms with Crippen LogP contribution in [0.3, 0.4) is 0 Å². The molecule has 172 valence electrons. The number of likely N-dealkylation sites (tertiary alicyclic amines) is 1. The third-order valence-electron chi connectivity index (χ3n) is 6.17. The van der Waals surface area contributed by atoms with Gasteiger partial charge in [-0.3, -0.25) is 4.79 Å². The molecule has 8 nitrogen and oxygen atoms in total. The lowest BCUT2D eigenvalue weighted by atomic mass is 10.0. The number of cyclic esters (lactones) is 1. The van der Waals surface area contributed by atoms with Gasteiger partial charge in [-0.15, -0.1) is 21.5 Å². The molecule has 10 heteroatoms. The summed E-state index contributed by atoms with van der Waals surface area (Å²) in [7, 11) is 1.92. The highest BCUT2D eigenvalue weighted by Gasteiger charge is 2.38. The van der Waals surface area contributed by atoms with Crippen molar-refractivity contribution in [2.45, 2.75) is 30.1 Å². The summed E-state index contributed by atoms with van der Waals surface area (Å²) in [4.78, 5) is 30.0. The largest absolute Gasteiger partial charge is 0.439 e. The Balaban J connectivity index is 1.12. The standard InChI is InChI=1S/C23H25N5O3S2/c1-26-21(19-8-5-13-32-19)24-25-22(26)33-15-20(29)27-11-9-17(10-12-27)28-14-18(31-23(28)30)16-6-3-2-4-7-16/h2-8,13,17-18H,9-12,14-15H2,1H3. The zero-order valence-corrected chi connectivity index (χ0v) is 19.9. The normalized spacial score (nSPS) is 19.2. The van der Waals surface area contributed by atoms with Crippen molar-refractivity contribution in [3.8, 4) is 10.7 Å². The van der Waals surface area contributed by atoms with Crippen molar-refractivity contribution >= 4 is 35.1 Å². The van der Waals surface area contributed by atoms with Crippen molar-refractivity contribution in [2.24, 2.45) is 7.05 Å². The second kappa shape index (κ2) is 9.56. The first-order valence-electron chi connectivity index (χ1n) is 11.0. The van der Waals surface area contributed by atoms with E-state index in [1.807, 2.05) is 69.3 Å². The Morgan fingerprint density at radius 2 is 1.94 bits per heavy atom. The van der Waals surface area contributed by atoms with Crippen LogP contribution in [0.2, 0.25) is 0 Å². The van der Waals surface area contributed by atoms with E-state index in [4.69, 9.17) is 4.74 Å². The van der Waals surface area contributed by atoms with Gasteiger partial charge in [0.15, 0.2) is 11.0 Å². The first kappa shape index (κ1) is 22.0. The number of ether oxygens (including phenoxy) is 1. The summed E-state index contributed by atoms with van der Waals surface area (Å²) in [5, 5.41) is 11.3. The molecule has 0 N–H and O–H groups in total. The number of hydrogen-bond donors (Lipinski definition) is 0. The Hall–Kier alpha value is -2.85. The number of rotatable bonds is 6. The molecule has 0 spiro atoms. The summed E-state index contributed by atoms with van der Waals surface area (Å²) in [5.74, 6) is 1.22. The summed E-state index contributed by atoms with van der Waals surface area (Å²) in [6.07, 6.45) is 1.05. The highest BCUT2D eigenvalue weighted by atomic mass is 32.2. The average Bonchev–Trinajstić information content (AvgIpc) is 3.59. The van der Waals surface area contributed by atoms with E-state index in [0.29, 0.717) is 25.4 Å². The van der Waals surface area contributed by atoms with E-state index in [1.54, 1.807) is 11.3 Å². The topological polar surface area (TPSA) is 80.6 Å². The molecule has 2 fully saturated rings. The monoisotopic (exact) mass is 483 g/mol. The van der Waals surface area contributed by atoms with E-state index in [-0.39, 0.29) is 24.1 Å². The molecular formula is C23H25N5O3S2. The molecule has 4 heterocycles. The summed E-state index contributed by atoms with van der Waals surface area (Å²) in [5.41, 5.74) is 1.02. The SMILES string of the molecule is Cn1c(SCC(=O)N2CCC(N3CC(c4ccccc4)OC3=O)CC2)nnc1-c1cccs1. The minimum atomic E-state index is -0.256. The Kier molecular flexibility index (Phi) is 6.37. The van der Waals surface area contributed by atoms with E-state index in [9.17, 15) is 9.59 Å². The highest BCUT2D eigenvalue weighted by Crippen LogP contribution is 2.31. The third kappa shape index (κ3) is 4.63. The molecule has 1 unspecified atom stereocenters. The molecule has 2 amide bonds. The van der Waals surface area contributed by atoms with Crippen LogP contribution in [0.4, 0.5) is 4.79 Å². The molecule has 33 heavy (non-hydrogen) atoms. The van der Waals surface area contributed by atoms with E-state index in [0.717, 1.165) is 34.3 Å². The molecule has 3 aromatic rings. The Morgan fingerprint density at radius 1 is 1.15 bits per heavy atom. The van der Waals surface area contributed by atoms with Gasteiger partial charge in [0.2, 0.25) is 5.91 Å². The number of benzene rings is 1. The molecule has 1 aromatic carbocycles.